The van der Waals surface area contributed by atoms with Crippen molar-refractivity contribution in [2.24, 2.45) is 5.41 Å². The number of rotatable bonds is 3. The Kier molecular flexibility index (Phi) is 4.08. The van der Waals surface area contributed by atoms with E-state index in [0.717, 1.165) is 25.8 Å². The monoisotopic (exact) mass is 320 g/mol. The Morgan fingerprint density at radius 2 is 2.09 bits per heavy atom. The van der Waals surface area contributed by atoms with E-state index in [0.29, 0.717) is 18.9 Å². The molecule has 0 bridgehead atoms. The van der Waals surface area contributed by atoms with Gasteiger partial charge in [-0.1, -0.05) is 0 Å². The molecule has 8 nitrogen and oxygen atoms in total. The minimum Gasteiger partial charge on any atom is -0.340 e. The van der Waals surface area contributed by atoms with Crippen molar-refractivity contribution < 1.29 is 9.59 Å². The molecule has 2 aliphatic rings. The average molecular weight is 320 g/mol. The molecular formula is C15H24N6O2. The van der Waals surface area contributed by atoms with Gasteiger partial charge in [-0.3, -0.25) is 9.59 Å². The van der Waals surface area contributed by atoms with Gasteiger partial charge in [-0.2, -0.15) is 0 Å². The average Bonchev–Trinajstić information content (AvgIpc) is 3.10. The first-order valence-electron chi connectivity index (χ1n) is 8.24. The van der Waals surface area contributed by atoms with Crippen molar-refractivity contribution in [2.45, 2.75) is 52.6 Å². The first-order valence-corrected chi connectivity index (χ1v) is 8.24. The molecule has 126 valence electrons. The summed E-state index contributed by atoms with van der Waals surface area (Å²) in [4.78, 5) is 29.1. The van der Waals surface area contributed by atoms with Gasteiger partial charge >= 0.3 is 0 Å². The molecule has 1 atom stereocenters. The Bertz CT molecular complexity index is 613. The number of piperidine rings is 1. The van der Waals surface area contributed by atoms with Crippen LogP contribution in [0.2, 0.25) is 0 Å². The van der Waals surface area contributed by atoms with Crippen LogP contribution in [0.4, 0.5) is 0 Å². The molecule has 1 aromatic rings. The van der Waals surface area contributed by atoms with Crippen molar-refractivity contribution in [1.29, 1.82) is 0 Å². The number of nitrogens with zero attached hydrogens (tertiary/aromatic N) is 6. The van der Waals surface area contributed by atoms with Gasteiger partial charge in [-0.25, -0.2) is 4.68 Å². The van der Waals surface area contributed by atoms with E-state index in [1.807, 2.05) is 4.90 Å². The highest BCUT2D eigenvalue weighted by Crippen LogP contribution is 2.40. The molecule has 2 aliphatic heterocycles. The molecule has 1 aromatic heterocycles. The third-order valence-electron chi connectivity index (χ3n) is 5.09. The van der Waals surface area contributed by atoms with Crippen molar-refractivity contribution in [3.8, 4) is 0 Å². The Labute approximate surface area is 135 Å². The summed E-state index contributed by atoms with van der Waals surface area (Å²) in [6.45, 7) is 7.99. The fourth-order valence-electron chi connectivity index (χ4n) is 3.68. The number of tetrazole rings is 1. The number of likely N-dealkylation sites (tertiary alicyclic amines) is 2. The van der Waals surface area contributed by atoms with E-state index in [1.54, 1.807) is 11.8 Å². The summed E-state index contributed by atoms with van der Waals surface area (Å²) in [6.07, 6.45) is 2.65. The highest BCUT2D eigenvalue weighted by molar-refractivity contribution is 5.86. The molecule has 0 N–H and O–H groups in total. The lowest BCUT2D eigenvalue weighted by atomic mass is 9.78. The van der Waals surface area contributed by atoms with E-state index >= 15 is 0 Å². The highest BCUT2D eigenvalue weighted by atomic mass is 16.2. The van der Waals surface area contributed by atoms with Crippen LogP contribution in [0.15, 0.2) is 0 Å². The summed E-state index contributed by atoms with van der Waals surface area (Å²) in [5.74, 6) is 0.811. The topological polar surface area (TPSA) is 84.2 Å². The van der Waals surface area contributed by atoms with Crippen LogP contribution >= 0.6 is 0 Å². The van der Waals surface area contributed by atoms with Crippen LogP contribution in [0, 0.1) is 12.3 Å². The molecule has 2 fully saturated rings. The molecule has 23 heavy (non-hydrogen) atoms. The normalized spacial score (nSPS) is 25.0. The van der Waals surface area contributed by atoms with Crippen LogP contribution in [0.1, 0.15) is 38.9 Å². The maximum atomic E-state index is 12.9. The van der Waals surface area contributed by atoms with Gasteiger partial charge in [0.05, 0.1) is 5.41 Å². The third kappa shape index (κ3) is 2.82. The Morgan fingerprint density at radius 1 is 1.30 bits per heavy atom. The van der Waals surface area contributed by atoms with Gasteiger partial charge in [0.25, 0.3) is 0 Å². The predicted molar refractivity (Wildman–Crippen MR) is 82.3 cm³/mol. The van der Waals surface area contributed by atoms with Crippen molar-refractivity contribution in [3.05, 3.63) is 5.82 Å². The molecule has 0 saturated carbocycles. The molecule has 0 radical (unpaired) electrons. The minimum atomic E-state index is -0.381. The summed E-state index contributed by atoms with van der Waals surface area (Å²) >= 11 is 0. The van der Waals surface area contributed by atoms with Crippen molar-refractivity contribution in [2.75, 3.05) is 19.6 Å². The zero-order chi connectivity index (χ0) is 16.6. The summed E-state index contributed by atoms with van der Waals surface area (Å²) < 4.78 is 1.50. The summed E-state index contributed by atoms with van der Waals surface area (Å²) in [5, 5.41) is 11.2. The molecule has 8 heteroatoms. The standard InChI is InChI=1S/C15H24N6O2/c1-11(2)20-7-4-5-15(14(20)23)6-8-19(10-15)13(22)9-21-12(3)16-17-18-21/h11H,4-10H2,1-3H3/t15-/m0/s1. The van der Waals surface area contributed by atoms with Crippen molar-refractivity contribution in [1.82, 2.24) is 30.0 Å². The van der Waals surface area contributed by atoms with E-state index in [1.165, 1.54) is 4.68 Å². The van der Waals surface area contributed by atoms with Gasteiger partial charge in [-0.05, 0) is 50.5 Å². The van der Waals surface area contributed by atoms with Gasteiger partial charge in [-0.15, -0.1) is 5.10 Å². The van der Waals surface area contributed by atoms with E-state index in [-0.39, 0.29) is 29.8 Å². The van der Waals surface area contributed by atoms with Gasteiger partial charge in [0, 0.05) is 25.7 Å². The number of amides is 2. The highest BCUT2D eigenvalue weighted by Gasteiger charge is 2.49. The number of hydrogen-bond donors (Lipinski definition) is 0. The maximum Gasteiger partial charge on any atom is 0.244 e. The SMILES string of the molecule is Cc1nnnn1CC(=O)N1CC[C@@]2(CCCN(C(C)C)C2=O)C1. The molecule has 0 unspecified atom stereocenters. The summed E-state index contributed by atoms with van der Waals surface area (Å²) in [6, 6.07) is 0.216. The molecule has 3 rings (SSSR count). The lowest BCUT2D eigenvalue weighted by Gasteiger charge is -2.41. The lowest BCUT2D eigenvalue weighted by molar-refractivity contribution is -0.148. The number of hydrogen-bond acceptors (Lipinski definition) is 5. The van der Waals surface area contributed by atoms with Crippen LogP contribution in [0.25, 0.3) is 0 Å². The minimum absolute atomic E-state index is 0.0215. The third-order valence-corrected chi connectivity index (χ3v) is 5.09. The van der Waals surface area contributed by atoms with Crippen LogP contribution in [-0.2, 0) is 16.1 Å². The number of carbonyl (C=O) groups excluding carboxylic acids is 2. The quantitative estimate of drug-likeness (QED) is 0.796. The smallest absolute Gasteiger partial charge is 0.244 e. The molecule has 1 spiro atoms. The largest absolute Gasteiger partial charge is 0.340 e. The van der Waals surface area contributed by atoms with Gasteiger partial charge in [0.1, 0.15) is 12.4 Å². The number of aryl methyl sites for hydroxylation is 1. The van der Waals surface area contributed by atoms with Crippen LogP contribution in [0.3, 0.4) is 0 Å². The van der Waals surface area contributed by atoms with E-state index in [2.05, 4.69) is 29.4 Å². The van der Waals surface area contributed by atoms with E-state index in [4.69, 9.17) is 0 Å². The first-order chi connectivity index (χ1) is 10.9. The van der Waals surface area contributed by atoms with Crippen molar-refractivity contribution >= 4 is 11.8 Å². The van der Waals surface area contributed by atoms with Crippen LogP contribution < -0.4 is 0 Å². The van der Waals surface area contributed by atoms with E-state index in [9.17, 15) is 9.59 Å². The fourth-order valence-corrected chi connectivity index (χ4v) is 3.68. The van der Waals surface area contributed by atoms with Gasteiger partial charge in [0.2, 0.25) is 11.8 Å². The van der Waals surface area contributed by atoms with Gasteiger partial charge in [0.15, 0.2) is 0 Å². The molecular weight excluding hydrogens is 296 g/mol. The van der Waals surface area contributed by atoms with Crippen LogP contribution in [0.5, 0.6) is 0 Å². The fraction of sp³-hybridized carbons (Fsp3) is 0.800. The summed E-state index contributed by atoms with van der Waals surface area (Å²) in [7, 11) is 0. The van der Waals surface area contributed by atoms with Crippen LogP contribution in [-0.4, -0.2) is 67.5 Å². The number of carbonyl (C=O) groups is 2. The Morgan fingerprint density at radius 3 is 2.74 bits per heavy atom. The molecule has 2 saturated heterocycles. The Hall–Kier alpha value is -1.99. The predicted octanol–water partition coefficient (Wildman–Crippen LogP) is 0.231. The van der Waals surface area contributed by atoms with E-state index < -0.39 is 0 Å². The van der Waals surface area contributed by atoms with Gasteiger partial charge < -0.3 is 9.80 Å². The maximum absolute atomic E-state index is 12.9. The second-order valence-electron chi connectivity index (χ2n) is 6.93. The molecule has 3 heterocycles. The first kappa shape index (κ1) is 15.9. The Balaban J connectivity index is 1.69. The lowest BCUT2D eigenvalue weighted by Crippen LogP contribution is -2.52. The zero-order valence-electron chi connectivity index (χ0n) is 14.0. The second-order valence-corrected chi connectivity index (χ2v) is 6.93. The number of aromatic nitrogens is 4. The zero-order valence-corrected chi connectivity index (χ0v) is 14.0. The summed E-state index contributed by atoms with van der Waals surface area (Å²) in [5.41, 5.74) is -0.381. The molecule has 2 amide bonds. The molecule has 0 aliphatic carbocycles. The molecule has 0 aromatic carbocycles. The van der Waals surface area contributed by atoms with Crippen molar-refractivity contribution in [3.63, 3.8) is 0 Å². The second kappa shape index (κ2) is 5.90.